The monoisotopic (exact) mass is 429 g/mol. The summed E-state index contributed by atoms with van der Waals surface area (Å²) >= 11 is 6.43. The van der Waals surface area contributed by atoms with E-state index in [1.807, 2.05) is 4.90 Å². The highest BCUT2D eigenvalue weighted by atomic mass is 35.5. The summed E-state index contributed by atoms with van der Waals surface area (Å²) in [4.78, 5) is 33.1. The number of aromatic amines is 1. The van der Waals surface area contributed by atoms with Crippen molar-refractivity contribution in [3.63, 3.8) is 0 Å². The lowest BCUT2D eigenvalue weighted by atomic mass is 9.48. The molecule has 1 aliphatic carbocycles. The molecule has 30 heavy (non-hydrogen) atoms. The summed E-state index contributed by atoms with van der Waals surface area (Å²) in [5.41, 5.74) is 1.06. The summed E-state index contributed by atoms with van der Waals surface area (Å²) in [6, 6.07) is 6.73. The second kappa shape index (κ2) is 7.08. The normalized spacial score (nSPS) is 28.4. The first-order chi connectivity index (χ1) is 14.3. The fourth-order valence-corrected chi connectivity index (χ4v) is 6.59. The number of carbonyl (C=O) groups is 1. The van der Waals surface area contributed by atoms with E-state index in [9.17, 15) is 9.59 Å². The van der Waals surface area contributed by atoms with E-state index in [0.29, 0.717) is 27.4 Å². The number of ether oxygens (including phenoxy) is 1. The van der Waals surface area contributed by atoms with E-state index in [0.717, 1.165) is 52.4 Å². The van der Waals surface area contributed by atoms with Gasteiger partial charge in [-0.25, -0.2) is 0 Å². The Balaban J connectivity index is 1.46. The maximum absolute atomic E-state index is 13.6. The number of aromatic nitrogens is 1. The molecule has 2 aliphatic heterocycles. The lowest BCUT2D eigenvalue weighted by Crippen LogP contribution is -2.59. The average Bonchev–Trinajstić information content (AvgIpc) is 3.02. The number of hydrogen-bond donors (Lipinski definition) is 1. The van der Waals surface area contributed by atoms with Crippen LogP contribution in [-0.4, -0.2) is 66.6 Å². The van der Waals surface area contributed by atoms with E-state index >= 15 is 0 Å². The number of nitrogens with one attached hydrogen (secondary N) is 1. The van der Waals surface area contributed by atoms with E-state index < -0.39 is 0 Å². The van der Waals surface area contributed by atoms with Gasteiger partial charge in [-0.05, 0) is 29.9 Å². The summed E-state index contributed by atoms with van der Waals surface area (Å²) < 4.78 is 5.51. The largest absolute Gasteiger partial charge is 0.379 e. The standard InChI is InChI=1S/C23H28ClN3O3/c1-22(2)12-23(13-26-6-8-30-9-7-26)14-27(11-18(22)23)21(29)15-10-19(28)25-17-5-3-4-16(24)20(15)17/h3-5,10,18H,6-9,11-14H2,1-2H3,(H,25,28)/t18-,23+/m1/s1. The van der Waals surface area contributed by atoms with Crippen LogP contribution in [-0.2, 0) is 4.74 Å². The van der Waals surface area contributed by atoms with Crippen LogP contribution in [0.15, 0.2) is 29.1 Å². The van der Waals surface area contributed by atoms with Crippen molar-refractivity contribution in [2.24, 2.45) is 16.7 Å². The number of benzene rings is 1. The Morgan fingerprint density at radius 1 is 1.30 bits per heavy atom. The van der Waals surface area contributed by atoms with Crippen LogP contribution in [0.1, 0.15) is 30.6 Å². The number of likely N-dealkylation sites (tertiary alicyclic amines) is 1. The molecule has 2 aromatic rings. The second-order valence-corrected chi connectivity index (χ2v) is 10.3. The Hall–Kier alpha value is -1.89. The maximum atomic E-state index is 13.6. The Labute approximate surface area is 181 Å². The molecule has 0 unspecified atom stereocenters. The lowest BCUT2D eigenvalue weighted by molar-refractivity contribution is -0.0966. The minimum absolute atomic E-state index is 0.0919. The first-order valence-electron chi connectivity index (χ1n) is 10.7. The van der Waals surface area contributed by atoms with Crippen LogP contribution in [0.5, 0.6) is 0 Å². The number of hydrogen-bond acceptors (Lipinski definition) is 4. The van der Waals surface area contributed by atoms with Crippen LogP contribution >= 0.6 is 11.6 Å². The SMILES string of the molecule is CC1(C)C[C@]2(CN3CCOCC3)CN(C(=O)c3cc(=O)[nH]c4cccc(Cl)c34)C[C@H]12. The molecular formula is C23H28ClN3O3. The molecule has 3 heterocycles. The van der Waals surface area contributed by atoms with Crippen molar-refractivity contribution in [1.29, 1.82) is 0 Å². The van der Waals surface area contributed by atoms with Gasteiger partial charge in [-0.15, -0.1) is 0 Å². The highest BCUT2D eigenvalue weighted by molar-refractivity contribution is 6.36. The van der Waals surface area contributed by atoms with Gasteiger partial charge in [0.2, 0.25) is 5.56 Å². The van der Waals surface area contributed by atoms with E-state index in [2.05, 4.69) is 23.7 Å². The number of fused-ring (bicyclic) bond motifs is 2. The number of nitrogens with zero attached hydrogens (tertiary/aromatic N) is 2. The third-order valence-electron chi connectivity index (χ3n) is 7.37. The molecule has 1 aromatic heterocycles. The number of morpholine rings is 1. The molecule has 5 rings (SSSR count). The Morgan fingerprint density at radius 3 is 2.80 bits per heavy atom. The van der Waals surface area contributed by atoms with Gasteiger partial charge in [0.05, 0.1) is 29.3 Å². The summed E-state index contributed by atoms with van der Waals surface area (Å²) in [6.07, 6.45) is 1.11. The number of amides is 1. The Bertz CT molecular complexity index is 1060. The lowest BCUT2D eigenvalue weighted by Gasteiger charge is -2.58. The van der Waals surface area contributed by atoms with Crippen LogP contribution in [0, 0.1) is 16.7 Å². The predicted octanol–water partition coefficient (Wildman–Crippen LogP) is 3.00. The molecule has 0 bridgehead atoms. The van der Waals surface area contributed by atoms with Crippen LogP contribution in [0.4, 0.5) is 0 Å². The molecule has 0 radical (unpaired) electrons. The zero-order valence-electron chi connectivity index (χ0n) is 17.5. The molecule has 3 fully saturated rings. The first kappa shape index (κ1) is 20.0. The molecular weight excluding hydrogens is 402 g/mol. The number of carbonyl (C=O) groups excluding carboxylic acids is 1. The molecule has 1 amide bonds. The number of pyridine rings is 1. The van der Waals surface area contributed by atoms with E-state index in [-0.39, 0.29) is 22.3 Å². The predicted molar refractivity (Wildman–Crippen MR) is 117 cm³/mol. The minimum Gasteiger partial charge on any atom is -0.379 e. The molecule has 3 aliphatic rings. The van der Waals surface area contributed by atoms with Crippen LogP contribution in [0.3, 0.4) is 0 Å². The number of H-pyrrole nitrogens is 1. The van der Waals surface area contributed by atoms with Crippen molar-refractivity contribution in [3.8, 4) is 0 Å². The van der Waals surface area contributed by atoms with Gasteiger partial charge in [0.25, 0.3) is 5.91 Å². The molecule has 1 aromatic carbocycles. The molecule has 160 valence electrons. The molecule has 2 atom stereocenters. The second-order valence-electron chi connectivity index (χ2n) is 9.86. The average molecular weight is 430 g/mol. The topological polar surface area (TPSA) is 65.6 Å². The summed E-state index contributed by atoms with van der Waals surface area (Å²) in [7, 11) is 0. The molecule has 6 nitrogen and oxygen atoms in total. The molecule has 0 spiro atoms. The van der Waals surface area contributed by atoms with Crippen LogP contribution in [0.25, 0.3) is 10.9 Å². The summed E-state index contributed by atoms with van der Waals surface area (Å²) in [5.74, 6) is 0.367. The van der Waals surface area contributed by atoms with Gasteiger partial charge in [0.1, 0.15) is 0 Å². The molecule has 2 saturated heterocycles. The third-order valence-corrected chi connectivity index (χ3v) is 7.69. The molecule has 1 saturated carbocycles. The van der Waals surface area contributed by atoms with Crippen LogP contribution < -0.4 is 5.56 Å². The number of halogens is 1. The van der Waals surface area contributed by atoms with E-state index in [1.165, 1.54) is 6.07 Å². The van der Waals surface area contributed by atoms with Gasteiger partial charge in [-0.2, -0.15) is 0 Å². The van der Waals surface area contributed by atoms with Crippen molar-refractivity contribution in [3.05, 3.63) is 45.2 Å². The van der Waals surface area contributed by atoms with Gasteiger partial charge < -0.3 is 14.6 Å². The van der Waals surface area contributed by atoms with E-state index in [4.69, 9.17) is 16.3 Å². The van der Waals surface area contributed by atoms with Crippen molar-refractivity contribution < 1.29 is 9.53 Å². The summed E-state index contributed by atoms with van der Waals surface area (Å²) in [6.45, 7) is 10.6. The van der Waals surface area contributed by atoms with Gasteiger partial charge >= 0.3 is 0 Å². The quantitative estimate of drug-likeness (QED) is 0.814. The highest BCUT2D eigenvalue weighted by Gasteiger charge is 2.63. The van der Waals surface area contributed by atoms with Crippen LogP contribution in [0.2, 0.25) is 5.02 Å². The fraction of sp³-hybridized carbons (Fsp3) is 0.565. The summed E-state index contributed by atoms with van der Waals surface area (Å²) in [5, 5.41) is 1.11. The number of rotatable bonds is 3. The van der Waals surface area contributed by atoms with Gasteiger partial charge in [0.15, 0.2) is 0 Å². The van der Waals surface area contributed by atoms with Gasteiger partial charge in [-0.3, -0.25) is 14.5 Å². The Kier molecular flexibility index (Phi) is 4.73. The van der Waals surface area contributed by atoms with Crippen molar-refractivity contribution >= 4 is 28.4 Å². The molecule has 7 heteroatoms. The first-order valence-corrected chi connectivity index (χ1v) is 11.1. The van der Waals surface area contributed by atoms with Gasteiger partial charge in [-0.1, -0.05) is 31.5 Å². The van der Waals surface area contributed by atoms with Crippen molar-refractivity contribution in [2.45, 2.75) is 20.3 Å². The maximum Gasteiger partial charge on any atom is 0.254 e. The third kappa shape index (κ3) is 3.17. The minimum atomic E-state index is -0.279. The Morgan fingerprint density at radius 2 is 2.07 bits per heavy atom. The van der Waals surface area contributed by atoms with Gasteiger partial charge in [0, 0.05) is 49.6 Å². The zero-order chi connectivity index (χ0) is 21.1. The van der Waals surface area contributed by atoms with Crippen molar-refractivity contribution in [2.75, 3.05) is 45.9 Å². The fourth-order valence-electron chi connectivity index (χ4n) is 6.31. The smallest absolute Gasteiger partial charge is 0.254 e. The van der Waals surface area contributed by atoms with E-state index in [1.54, 1.807) is 18.2 Å². The van der Waals surface area contributed by atoms with Crippen molar-refractivity contribution in [1.82, 2.24) is 14.8 Å². The highest BCUT2D eigenvalue weighted by Crippen LogP contribution is 2.63. The zero-order valence-corrected chi connectivity index (χ0v) is 18.3. The molecule has 1 N–H and O–H groups in total.